The summed E-state index contributed by atoms with van der Waals surface area (Å²) in [7, 11) is -4.39. The quantitative estimate of drug-likeness (QED) is 0.0740. The Morgan fingerprint density at radius 3 is 1.49 bits per heavy atom. The van der Waals surface area contributed by atoms with Crippen LogP contribution in [0, 0.1) is 0 Å². The van der Waals surface area contributed by atoms with Crippen LogP contribution in [-0.2, 0) is 86.0 Å². The third-order valence-corrected chi connectivity index (χ3v) is 8.00. The molecular formula is C25H35CsO19S2. The van der Waals surface area contributed by atoms with Crippen LogP contribution in [0.25, 0.3) is 0 Å². The molecule has 0 aliphatic carbocycles. The first-order valence-corrected chi connectivity index (χ1v) is 15.7. The maximum Gasteiger partial charge on any atom is 1.00 e. The molecule has 0 amide bonds. The Kier molecular flexibility index (Phi) is 18.7. The molecule has 0 bridgehead atoms. The maximum atomic E-state index is 12.3. The van der Waals surface area contributed by atoms with Gasteiger partial charge in [-0.25, -0.2) is 8.42 Å². The van der Waals surface area contributed by atoms with Crippen LogP contribution in [0.4, 0.5) is 0 Å². The van der Waals surface area contributed by atoms with E-state index in [1.165, 1.54) is 0 Å². The van der Waals surface area contributed by atoms with Crippen molar-refractivity contribution in [3.05, 3.63) is 0 Å². The molecule has 0 saturated carbocycles. The predicted octanol–water partition coefficient (Wildman–Crippen LogP) is -4.11. The summed E-state index contributed by atoms with van der Waals surface area (Å²) in [6.45, 7) is 4.91. The van der Waals surface area contributed by atoms with E-state index in [1.807, 2.05) is 0 Å². The monoisotopic (exact) mass is 836 g/mol. The van der Waals surface area contributed by atoms with Crippen molar-refractivity contribution in [2.75, 3.05) is 20.3 Å². The van der Waals surface area contributed by atoms with Crippen LogP contribution in [0.5, 0.6) is 0 Å². The standard InChI is InChI=1S/C25H36O19S2.Cs/c1-10(26)36-8-16-18(38-12(3)28)20(39-13(4)29)21(40-14(5)30)25(43-16)45-23-19(44-46(32,33)34)17(9-37-11(2)27)42-24(35-7)22(23)41-15(6)31;/h16-25H,8-9H2,1-7H3,(H,32,33,34);/q;+1/p-1/t16-,17-,18+,19+,20+,21-,22-,23-,24-,25+;/m1./s1. The second-order valence-electron chi connectivity index (χ2n) is 9.79. The first kappa shape index (κ1) is 44.0. The van der Waals surface area contributed by atoms with Crippen LogP contribution in [0.1, 0.15) is 41.5 Å². The van der Waals surface area contributed by atoms with Crippen LogP contribution < -0.4 is 68.9 Å². The minimum Gasteiger partial charge on any atom is -0.726 e. The van der Waals surface area contributed by atoms with E-state index in [9.17, 15) is 41.7 Å². The first-order valence-electron chi connectivity index (χ1n) is 13.4. The molecule has 2 aliphatic heterocycles. The van der Waals surface area contributed by atoms with Crippen molar-refractivity contribution >= 4 is 58.0 Å². The van der Waals surface area contributed by atoms with Gasteiger partial charge in [0.2, 0.25) is 10.4 Å². The summed E-state index contributed by atoms with van der Waals surface area (Å²) in [5.74, 6) is -5.23. The van der Waals surface area contributed by atoms with Crippen molar-refractivity contribution in [2.24, 2.45) is 0 Å². The fourth-order valence-corrected chi connectivity index (χ4v) is 6.77. The molecule has 0 aromatic rings. The molecule has 2 saturated heterocycles. The summed E-state index contributed by atoms with van der Waals surface area (Å²) in [6.07, 6.45) is -12.6. The molecule has 2 aliphatic rings. The molecular weight excluding hydrogens is 801 g/mol. The van der Waals surface area contributed by atoms with Crippen molar-refractivity contribution < 1.29 is 157 Å². The average Bonchev–Trinajstić information content (AvgIpc) is 2.90. The molecule has 47 heavy (non-hydrogen) atoms. The molecule has 262 valence electrons. The number of ether oxygens (including phenoxy) is 9. The predicted molar refractivity (Wildman–Crippen MR) is 146 cm³/mol. The van der Waals surface area contributed by atoms with Gasteiger partial charge < -0.3 is 47.2 Å². The maximum absolute atomic E-state index is 12.3. The number of carbonyl (C=O) groups excluding carboxylic acids is 6. The van der Waals surface area contributed by atoms with Gasteiger partial charge in [-0.2, -0.15) is 0 Å². The number of hydrogen-bond donors (Lipinski definition) is 0. The second-order valence-corrected chi connectivity index (χ2v) is 12.1. The van der Waals surface area contributed by atoms with Crippen LogP contribution in [0.2, 0.25) is 0 Å². The van der Waals surface area contributed by atoms with Crippen molar-refractivity contribution in [1.29, 1.82) is 0 Å². The molecule has 0 unspecified atom stereocenters. The van der Waals surface area contributed by atoms with E-state index >= 15 is 0 Å². The summed E-state index contributed by atoms with van der Waals surface area (Å²) >= 11 is 0.560. The largest absolute Gasteiger partial charge is 1.00 e. The summed E-state index contributed by atoms with van der Waals surface area (Å²) in [5, 5.41) is -1.52. The molecule has 2 fully saturated rings. The van der Waals surface area contributed by atoms with Crippen molar-refractivity contribution in [1.82, 2.24) is 0 Å². The van der Waals surface area contributed by atoms with Gasteiger partial charge >= 0.3 is 105 Å². The molecule has 2 heterocycles. The number of hydrogen-bond acceptors (Lipinski definition) is 20. The van der Waals surface area contributed by atoms with Gasteiger partial charge in [-0.05, 0) is 0 Å². The van der Waals surface area contributed by atoms with Gasteiger partial charge in [-0.15, -0.1) is 11.8 Å². The van der Waals surface area contributed by atoms with Gasteiger partial charge in [0.25, 0.3) is 0 Å². The molecule has 0 aromatic carbocycles. The Morgan fingerprint density at radius 2 is 1.06 bits per heavy atom. The fourth-order valence-electron chi connectivity index (χ4n) is 4.58. The zero-order chi connectivity index (χ0) is 34.9. The fraction of sp³-hybridized carbons (Fsp3) is 0.760. The van der Waals surface area contributed by atoms with E-state index in [0.29, 0.717) is 11.8 Å². The topological polar surface area (TPSA) is 252 Å². The molecule has 0 N–H and O–H groups in total. The van der Waals surface area contributed by atoms with Gasteiger partial charge in [0, 0.05) is 48.7 Å². The first-order chi connectivity index (χ1) is 21.3. The van der Waals surface area contributed by atoms with Crippen molar-refractivity contribution in [3.8, 4) is 0 Å². The summed E-state index contributed by atoms with van der Waals surface area (Å²) in [5.41, 5.74) is -1.55. The van der Waals surface area contributed by atoms with Gasteiger partial charge in [-0.3, -0.25) is 33.0 Å². The van der Waals surface area contributed by atoms with Gasteiger partial charge in [-0.1, -0.05) is 0 Å². The number of carbonyl (C=O) groups is 6. The zero-order valence-corrected chi connectivity index (χ0v) is 34.7. The van der Waals surface area contributed by atoms with Gasteiger partial charge in [0.15, 0.2) is 30.7 Å². The summed E-state index contributed by atoms with van der Waals surface area (Å²) in [4.78, 5) is 71.9. The summed E-state index contributed by atoms with van der Waals surface area (Å²) < 4.78 is 89.1. The van der Waals surface area contributed by atoms with Crippen LogP contribution in [-0.4, -0.2) is 129 Å². The van der Waals surface area contributed by atoms with E-state index in [2.05, 4.69) is 0 Å². The Morgan fingerprint density at radius 1 is 0.638 bits per heavy atom. The Bertz CT molecular complexity index is 1240. The Labute approximate surface area is 333 Å². The Hall–Kier alpha value is -1.03. The molecule has 0 aromatic heterocycles. The molecule has 19 nitrogen and oxygen atoms in total. The SMILES string of the molecule is CO[C@@H]1O[C@H](COC(C)=O)[C@H](OS(=O)(=O)[O-])[C@@H](S[C@@H]2O[C@H](COC(C)=O)[C@H](OC(C)=O)[C@H](OC(C)=O)[C@H]2OC(C)=O)[C@H]1OC(C)=O.[Cs+]. The number of esters is 6. The minimum atomic E-state index is -5.53. The molecule has 0 spiro atoms. The smallest absolute Gasteiger partial charge is 0.726 e. The van der Waals surface area contributed by atoms with Crippen molar-refractivity contribution in [3.63, 3.8) is 0 Å². The molecule has 10 atom stereocenters. The van der Waals surface area contributed by atoms with E-state index < -0.39 is 119 Å². The molecule has 0 radical (unpaired) electrons. The van der Waals surface area contributed by atoms with Crippen LogP contribution >= 0.6 is 11.8 Å². The van der Waals surface area contributed by atoms with Gasteiger partial charge in [0.05, 0.1) is 5.25 Å². The van der Waals surface area contributed by atoms with Crippen LogP contribution in [0.3, 0.4) is 0 Å². The zero-order valence-electron chi connectivity index (χ0n) is 26.8. The average molecular weight is 837 g/mol. The third-order valence-electron chi connectivity index (χ3n) is 6.04. The molecule has 2 rings (SSSR count). The van der Waals surface area contributed by atoms with E-state index in [0.717, 1.165) is 48.7 Å². The van der Waals surface area contributed by atoms with Crippen LogP contribution in [0.15, 0.2) is 0 Å². The number of methoxy groups -OCH3 is 1. The van der Waals surface area contributed by atoms with E-state index in [1.54, 1.807) is 0 Å². The van der Waals surface area contributed by atoms with Gasteiger partial charge in [0.1, 0.15) is 37.0 Å². The second kappa shape index (κ2) is 20.0. The number of thioether (sulfide) groups is 1. The normalized spacial score (nSPS) is 30.5. The minimum absolute atomic E-state index is 0. The number of rotatable bonds is 13. The third kappa shape index (κ3) is 14.4. The van der Waals surface area contributed by atoms with E-state index in [4.69, 9.17) is 46.8 Å². The Balaban J connectivity index is 0.0000110. The van der Waals surface area contributed by atoms with Crippen molar-refractivity contribution in [2.45, 2.75) is 101 Å². The summed E-state index contributed by atoms with van der Waals surface area (Å²) in [6, 6.07) is 0. The molecule has 22 heteroatoms. The van der Waals surface area contributed by atoms with E-state index in [-0.39, 0.29) is 68.9 Å².